The van der Waals surface area contributed by atoms with E-state index in [2.05, 4.69) is 11.9 Å². The van der Waals surface area contributed by atoms with E-state index in [0.717, 1.165) is 37.1 Å². The van der Waals surface area contributed by atoms with Crippen molar-refractivity contribution in [2.24, 2.45) is 4.99 Å². The van der Waals surface area contributed by atoms with Gasteiger partial charge in [0.25, 0.3) is 0 Å². The third-order valence-corrected chi connectivity index (χ3v) is 2.01. The third kappa shape index (κ3) is 2.61. The van der Waals surface area contributed by atoms with Crippen molar-refractivity contribution in [3.63, 3.8) is 0 Å². The molecule has 1 fully saturated rings. The minimum absolute atomic E-state index is 0.738. The van der Waals surface area contributed by atoms with Crippen LogP contribution in [0.25, 0.3) is 0 Å². The van der Waals surface area contributed by atoms with Gasteiger partial charge in [-0.2, -0.15) is 0 Å². The number of allylic oxidation sites excluding steroid dienone is 1. The number of aliphatic imine (C=N–C) groups is 1. The SMILES string of the molecule is CC/C=C\N=C1\CCCCC1=N. The molecule has 66 valence electrons. The quantitative estimate of drug-likeness (QED) is 0.651. The summed E-state index contributed by atoms with van der Waals surface area (Å²) in [5, 5.41) is 7.62. The highest BCUT2D eigenvalue weighted by Crippen LogP contribution is 2.12. The summed E-state index contributed by atoms with van der Waals surface area (Å²) >= 11 is 0. The molecule has 1 aliphatic carbocycles. The molecule has 0 aromatic carbocycles. The average Bonchev–Trinajstić information content (AvgIpc) is 2.09. The molecule has 0 radical (unpaired) electrons. The number of nitrogens with zero attached hydrogens (tertiary/aromatic N) is 1. The first-order valence-corrected chi connectivity index (χ1v) is 4.64. The predicted molar refractivity (Wildman–Crippen MR) is 53.1 cm³/mol. The summed E-state index contributed by atoms with van der Waals surface area (Å²) in [6.45, 7) is 2.09. The van der Waals surface area contributed by atoms with Crippen molar-refractivity contribution in [1.82, 2.24) is 0 Å². The highest BCUT2D eigenvalue weighted by atomic mass is 14.7. The van der Waals surface area contributed by atoms with Crippen molar-refractivity contribution in [2.45, 2.75) is 39.0 Å². The fourth-order valence-corrected chi connectivity index (χ4v) is 1.28. The van der Waals surface area contributed by atoms with Crippen LogP contribution in [-0.2, 0) is 0 Å². The molecule has 0 aromatic heterocycles. The van der Waals surface area contributed by atoms with Gasteiger partial charge in [0.1, 0.15) is 0 Å². The van der Waals surface area contributed by atoms with Crippen LogP contribution in [0.3, 0.4) is 0 Å². The maximum atomic E-state index is 7.62. The van der Waals surface area contributed by atoms with Crippen molar-refractivity contribution >= 4 is 11.4 Å². The van der Waals surface area contributed by atoms with Crippen molar-refractivity contribution in [2.75, 3.05) is 0 Å². The molecule has 0 spiro atoms. The second kappa shape index (κ2) is 4.86. The maximum Gasteiger partial charge on any atom is 0.0610 e. The van der Waals surface area contributed by atoms with Gasteiger partial charge in [0.2, 0.25) is 0 Å². The van der Waals surface area contributed by atoms with Gasteiger partial charge in [-0.05, 0) is 32.1 Å². The molecule has 0 aromatic rings. The summed E-state index contributed by atoms with van der Waals surface area (Å²) in [7, 11) is 0. The molecule has 2 nitrogen and oxygen atoms in total. The van der Waals surface area contributed by atoms with Gasteiger partial charge in [-0.15, -0.1) is 0 Å². The Balaban J connectivity index is 2.53. The molecular weight excluding hydrogens is 148 g/mol. The number of nitrogens with one attached hydrogen (secondary N) is 1. The third-order valence-electron chi connectivity index (χ3n) is 2.01. The zero-order chi connectivity index (χ0) is 8.81. The van der Waals surface area contributed by atoms with Crippen LogP contribution in [-0.4, -0.2) is 11.4 Å². The van der Waals surface area contributed by atoms with Gasteiger partial charge >= 0.3 is 0 Å². The monoisotopic (exact) mass is 164 g/mol. The molecule has 1 rings (SSSR count). The Labute approximate surface area is 73.9 Å². The molecule has 0 atom stereocenters. The van der Waals surface area contributed by atoms with E-state index in [4.69, 9.17) is 5.41 Å². The van der Waals surface area contributed by atoms with E-state index in [9.17, 15) is 0 Å². The zero-order valence-corrected chi connectivity index (χ0v) is 7.64. The standard InChI is InChI=1S/C10H16N2/c1-2-3-8-12-10-7-5-4-6-9(10)11/h3,8,11H,2,4-7H2,1H3/b8-3-,11-9?,12-10-. The first-order valence-electron chi connectivity index (χ1n) is 4.64. The highest BCUT2D eigenvalue weighted by Gasteiger charge is 2.11. The smallest absolute Gasteiger partial charge is 0.0610 e. The van der Waals surface area contributed by atoms with Crippen LogP contribution in [0.1, 0.15) is 39.0 Å². The van der Waals surface area contributed by atoms with Gasteiger partial charge in [-0.3, -0.25) is 4.99 Å². The molecule has 0 amide bonds. The molecule has 0 bridgehead atoms. The van der Waals surface area contributed by atoms with Crippen LogP contribution in [0.5, 0.6) is 0 Å². The number of hydrogen-bond donors (Lipinski definition) is 1. The first kappa shape index (κ1) is 9.17. The Morgan fingerprint density at radius 2 is 2.17 bits per heavy atom. The summed E-state index contributed by atoms with van der Waals surface area (Å²) in [5.41, 5.74) is 1.73. The minimum atomic E-state index is 0.738. The first-order chi connectivity index (χ1) is 5.84. The lowest BCUT2D eigenvalue weighted by Gasteiger charge is -2.12. The van der Waals surface area contributed by atoms with Gasteiger partial charge in [-0.25, -0.2) is 0 Å². The van der Waals surface area contributed by atoms with E-state index in [-0.39, 0.29) is 0 Å². The summed E-state index contributed by atoms with van der Waals surface area (Å²) < 4.78 is 0. The van der Waals surface area contributed by atoms with E-state index in [0.29, 0.717) is 0 Å². The van der Waals surface area contributed by atoms with E-state index in [1.165, 1.54) is 6.42 Å². The fraction of sp³-hybridized carbons (Fsp3) is 0.600. The minimum Gasteiger partial charge on any atom is -0.303 e. The Hall–Kier alpha value is -0.920. The second-order valence-electron chi connectivity index (χ2n) is 3.05. The molecule has 0 saturated heterocycles. The molecule has 12 heavy (non-hydrogen) atoms. The summed E-state index contributed by atoms with van der Waals surface area (Å²) in [6, 6.07) is 0. The lowest BCUT2D eigenvalue weighted by Crippen LogP contribution is -2.17. The predicted octanol–water partition coefficient (Wildman–Crippen LogP) is 2.94. The average molecular weight is 164 g/mol. The lowest BCUT2D eigenvalue weighted by molar-refractivity contribution is 0.774. The van der Waals surface area contributed by atoms with Crippen LogP contribution >= 0.6 is 0 Å². The largest absolute Gasteiger partial charge is 0.303 e. The van der Waals surface area contributed by atoms with E-state index >= 15 is 0 Å². The Kier molecular flexibility index (Phi) is 3.71. The number of rotatable bonds is 2. The van der Waals surface area contributed by atoms with Crippen molar-refractivity contribution < 1.29 is 0 Å². The molecule has 1 saturated carbocycles. The Bertz CT molecular complexity index is 214. The van der Waals surface area contributed by atoms with Gasteiger partial charge < -0.3 is 5.41 Å². The highest BCUT2D eigenvalue weighted by molar-refractivity contribution is 6.41. The summed E-state index contributed by atoms with van der Waals surface area (Å²) in [5.74, 6) is 0. The van der Waals surface area contributed by atoms with E-state index < -0.39 is 0 Å². The molecule has 0 aliphatic heterocycles. The van der Waals surface area contributed by atoms with Crippen LogP contribution in [0.4, 0.5) is 0 Å². The lowest BCUT2D eigenvalue weighted by atomic mass is 9.96. The van der Waals surface area contributed by atoms with Crippen molar-refractivity contribution in [1.29, 1.82) is 5.41 Å². The van der Waals surface area contributed by atoms with Gasteiger partial charge in [-0.1, -0.05) is 13.0 Å². The molecule has 0 heterocycles. The Morgan fingerprint density at radius 3 is 2.83 bits per heavy atom. The van der Waals surface area contributed by atoms with Crippen LogP contribution in [0, 0.1) is 5.41 Å². The molecule has 1 N–H and O–H groups in total. The van der Waals surface area contributed by atoms with Crippen LogP contribution in [0.15, 0.2) is 17.3 Å². The van der Waals surface area contributed by atoms with E-state index in [1.54, 1.807) is 0 Å². The maximum absolute atomic E-state index is 7.62. The topological polar surface area (TPSA) is 36.2 Å². The van der Waals surface area contributed by atoms with Crippen LogP contribution in [0.2, 0.25) is 0 Å². The summed E-state index contributed by atoms with van der Waals surface area (Å²) in [4.78, 5) is 4.27. The molecular formula is C10H16N2. The second-order valence-corrected chi connectivity index (χ2v) is 3.05. The molecule has 0 unspecified atom stereocenters. The van der Waals surface area contributed by atoms with Gasteiger partial charge in [0.15, 0.2) is 0 Å². The van der Waals surface area contributed by atoms with Crippen LogP contribution < -0.4 is 0 Å². The number of hydrogen-bond acceptors (Lipinski definition) is 2. The fourth-order valence-electron chi connectivity index (χ4n) is 1.28. The normalized spacial score (nSPS) is 22.4. The summed E-state index contributed by atoms with van der Waals surface area (Å²) in [6.07, 6.45) is 9.14. The Morgan fingerprint density at radius 1 is 1.42 bits per heavy atom. The van der Waals surface area contributed by atoms with Gasteiger partial charge in [0, 0.05) is 6.20 Å². The van der Waals surface area contributed by atoms with E-state index in [1.807, 2.05) is 12.3 Å². The van der Waals surface area contributed by atoms with Crippen molar-refractivity contribution in [3.8, 4) is 0 Å². The molecule has 1 aliphatic rings. The van der Waals surface area contributed by atoms with Gasteiger partial charge in [0.05, 0.1) is 11.4 Å². The zero-order valence-electron chi connectivity index (χ0n) is 7.64. The van der Waals surface area contributed by atoms with Crippen molar-refractivity contribution in [3.05, 3.63) is 12.3 Å². The molecule has 2 heteroatoms.